The minimum absolute atomic E-state index is 0.163. The molecule has 1 amide bonds. The molecule has 1 atom stereocenters. The van der Waals surface area contributed by atoms with Crippen molar-refractivity contribution in [2.24, 2.45) is 0 Å². The number of carbonyl (C=O) groups is 1. The predicted molar refractivity (Wildman–Crippen MR) is 99.6 cm³/mol. The van der Waals surface area contributed by atoms with Crippen LogP contribution in [0.2, 0.25) is 0 Å². The first-order valence-corrected chi connectivity index (χ1v) is 8.72. The van der Waals surface area contributed by atoms with Crippen LogP contribution in [-0.4, -0.2) is 34.2 Å². The van der Waals surface area contributed by atoms with Gasteiger partial charge >= 0.3 is 0 Å². The van der Waals surface area contributed by atoms with Crippen LogP contribution in [0.3, 0.4) is 0 Å². The molecule has 8 heteroatoms. The number of furan rings is 1. The van der Waals surface area contributed by atoms with Crippen LogP contribution >= 0.6 is 0 Å². The lowest BCUT2D eigenvalue weighted by Crippen LogP contribution is -2.29. The highest BCUT2D eigenvalue weighted by Crippen LogP contribution is 2.22. The zero-order chi connectivity index (χ0) is 19.4. The van der Waals surface area contributed by atoms with E-state index in [2.05, 4.69) is 15.3 Å². The fraction of sp³-hybridized carbons (Fsp3) is 0.368. The molecular formula is C19H22N4O4. The molecule has 0 aromatic carbocycles. The minimum Gasteiger partial charge on any atom is -0.442 e. The van der Waals surface area contributed by atoms with Crippen molar-refractivity contribution in [2.75, 3.05) is 13.7 Å². The zero-order valence-corrected chi connectivity index (χ0v) is 15.6. The maximum atomic E-state index is 12.9. The Morgan fingerprint density at radius 3 is 2.89 bits per heavy atom. The van der Waals surface area contributed by atoms with E-state index in [0.717, 1.165) is 5.69 Å². The first kappa shape index (κ1) is 18.8. The first-order chi connectivity index (χ1) is 13.0. The normalized spacial score (nSPS) is 12.3. The fourth-order valence-corrected chi connectivity index (χ4v) is 2.92. The lowest BCUT2D eigenvalue weighted by Gasteiger charge is -2.13. The highest BCUT2D eigenvalue weighted by Gasteiger charge is 2.24. The van der Waals surface area contributed by atoms with Crippen LogP contribution in [0.1, 0.15) is 41.2 Å². The van der Waals surface area contributed by atoms with Crippen molar-refractivity contribution in [3.63, 3.8) is 0 Å². The summed E-state index contributed by atoms with van der Waals surface area (Å²) in [7, 11) is 1.61. The molecule has 0 radical (unpaired) electrons. The monoisotopic (exact) mass is 370 g/mol. The lowest BCUT2D eigenvalue weighted by atomic mass is 10.1. The molecule has 0 aliphatic heterocycles. The summed E-state index contributed by atoms with van der Waals surface area (Å²) >= 11 is 0. The fourth-order valence-electron chi connectivity index (χ4n) is 2.92. The maximum absolute atomic E-state index is 12.9. The number of methoxy groups -OCH3 is 1. The highest BCUT2D eigenvalue weighted by molar-refractivity contribution is 6.06. The summed E-state index contributed by atoms with van der Waals surface area (Å²) in [6.07, 6.45) is 3.76. The standard InChI is InChI=1S/C19H22N4O4/c1-12(14-7-4-5-8-20-14)22-17(24)15-13(2)27-18-16(15)19(25)23(11-21-18)9-6-10-26-3/h4-5,7-8,11-12H,6,9-10H2,1-3H3,(H,22,24). The van der Waals surface area contributed by atoms with Crippen LogP contribution in [0.15, 0.2) is 39.9 Å². The number of aromatic nitrogens is 3. The van der Waals surface area contributed by atoms with Crippen molar-refractivity contribution in [1.29, 1.82) is 0 Å². The van der Waals surface area contributed by atoms with Crippen LogP contribution in [0.5, 0.6) is 0 Å². The van der Waals surface area contributed by atoms with E-state index < -0.39 is 5.91 Å². The molecule has 27 heavy (non-hydrogen) atoms. The number of hydrogen-bond donors (Lipinski definition) is 1. The summed E-state index contributed by atoms with van der Waals surface area (Å²) in [5.41, 5.74) is 0.803. The second-order valence-corrected chi connectivity index (χ2v) is 6.25. The van der Waals surface area contributed by atoms with Crippen LogP contribution in [0.4, 0.5) is 0 Å². The van der Waals surface area contributed by atoms with Crippen molar-refractivity contribution in [2.45, 2.75) is 32.9 Å². The third kappa shape index (κ3) is 3.90. The number of hydrogen-bond acceptors (Lipinski definition) is 6. The van der Waals surface area contributed by atoms with Gasteiger partial charge in [0.1, 0.15) is 17.5 Å². The number of nitrogens with zero attached hydrogens (tertiary/aromatic N) is 3. The molecule has 142 valence electrons. The second kappa shape index (κ2) is 8.13. The molecular weight excluding hydrogens is 348 g/mol. The largest absolute Gasteiger partial charge is 0.442 e. The number of amides is 1. The number of ether oxygens (including phenoxy) is 1. The molecule has 1 N–H and O–H groups in total. The van der Waals surface area contributed by atoms with Gasteiger partial charge in [-0.15, -0.1) is 0 Å². The number of nitrogens with one attached hydrogen (secondary N) is 1. The quantitative estimate of drug-likeness (QED) is 0.640. The summed E-state index contributed by atoms with van der Waals surface area (Å²) < 4.78 is 12.0. The van der Waals surface area contributed by atoms with Gasteiger partial charge in [0, 0.05) is 26.5 Å². The van der Waals surface area contributed by atoms with E-state index in [1.165, 1.54) is 10.9 Å². The molecule has 3 rings (SSSR count). The SMILES string of the molecule is COCCCn1cnc2oc(C)c(C(=O)NC(C)c3ccccn3)c2c1=O. The highest BCUT2D eigenvalue weighted by atomic mass is 16.5. The molecule has 3 aromatic rings. The summed E-state index contributed by atoms with van der Waals surface area (Å²) in [5, 5.41) is 3.07. The van der Waals surface area contributed by atoms with Crippen molar-refractivity contribution in [3.8, 4) is 0 Å². The minimum atomic E-state index is -0.391. The van der Waals surface area contributed by atoms with Crippen molar-refractivity contribution in [3.05, 3.63) is 58.1 Å². The number of fused-ring (bicyclic) bond motifs is 1. The van der Waals surface area contributed by atoms with Crippen LogP contribution < -0.4 is 10.9 Å². The summed E-state index contributed by atoms with van der Waals surface area (Å²) in [4.78, 5) is 34.1. The van der Waals surface area contributed by atoms with Crippen molar-refractivity contribution < 1.29 is 13.9 Å². The summed E-state index contributed by atoms with van der Waals surface area (Å²) in [6.45, 7) is 4.46. The molecule has 1 unspecified atom stereocenters. The molecule has 0 bridgehead atoms. The van der Waals surface area contributed by atoms with E-state index in [9.17, 15) is 9.59 Å². The number of rotatable bonds is 7. The van der Waals surface area contributed by atoms with Gasteiger partial charge in [-0.3, -0.25) is 19.1 Å². The number of carbonyl (C=O) groups excluding carboxylic acids is 1. The first-order valence-electron chi connectivity index (χ1n) is 8.72. The van der Waals surface area contributed by atoms with Gasteiger partial charge in [-0.1, -0.05) is 6.07 Å². The van der Waals surface area contributed by atoms with Gasteiger partial charge in [0.15, 0.2) is 0 Å². The van der Waals surface area contributed by atoms with E-state index >= 15 is 0 Å². The van der Waals surface area contributed by atoms with Crippen molar-refractivity contribution >= 4 is 17.0 Å². The molecule has 0 fully saturated rings. The smallest absolute Gasteiger partial charge is 0.265 e. The predicted octanol–water partition coefficient (Wildman–Crippen LogP) is 2.22. The summed E-state index contributed by atoms with van der Waals surface area (Å²) in [6, 6.07) is 5.18. The third-order valence-electron chi connectivity index (χ3n) is 4.31. The number of pyridine rings is 1. The average molecular weight is 370 g/mol. The van der Waals surface area contributed by atoms with E-state index in [1.54, 1.807) is 20.2 Å². The molecule has 0 saturated heterocycles. The lowest BCUT2D eigenvalue weighted by molar-refractivity contribution is 0.0939. The Labute approximate surface area is 156 Å². The zero-order valence-electron chi connectivity index (χ0n) is 15.6. The Hall–Kier alpha value is -3.00. The molecule has 0 aliphatic carbocycles. The second-order valence-electron chi connectivity index (χ2n) is 6.25. The Morgan fingerprint density at radius 1 is 1.37 bits per heavy atom. The topological polar surface area (TPSA) is 99.2 Å². The average Bonchev–Trinajstić information content (AvgIpc) is 3.01. The Bertz CT molecular complexity index is 994. The molecule has 3 aromatic heterocycles. The Morgan fingerprint density at radius 2 is 2.19 bits per heavy atom. The van der Waals surface area contributed by atoms with Crippen molar-refractivity contribution in [1.82, 2.24) is 19.9 Å². The van der Waals surface area contributed by atoms with Gasteiger partial charge in [0.05, 0.1) is 17.3 Å². The van der Waals surface area contributed by atoms with Crippen LogP contribution in [-0.2, 0) is 11.3 Å². The van der Waals surface area contributed by atoms with Gasteiger partial charge < -0.3 is 14.5 Å². The number of aryl methyl sites for hydroxylation is 2. The van der Waals surface area contributed by atoms with E-state index in [1.807, 2.05) is 25.1 Å². The Kier molecular flexibility index (Phi) is 5.66. The van der Waals surface area contributed by atoms with Gasteiger partial charge in [-0.25, -0.2) is 4.98 Å². The third-order valence-corrected chi connectivity index (χ3v) is 4.31. The van der Waals surface area contributed by atoms with Gasteiger partial charge in [-0.2, -0.15) is 0 Å². The van der Waals surface area contributed by atoms with Crippen LogP contribution in [0.25, 0.3) is 11.1 Å². The molecule has 0 saturated carbocycles. The molecule has 3 heterocycles. The molecule has 8 nitrogen and oxygen atoms in total. The van der Waals surface area contributed by atoms with E-state index in [4.69, 9.17) is 9.15 Å². The van der Waals surface area contributed by atoms with E-state index in [0.29, 0.717) is 25.3 Å². The summed E-state index contributed by atoms with van der Waals surface area (Å²) in [5.74, 6) is -0.0343. The van der Waals surface area contributed by atoms with Gasteiger partial charge in [-0.05, 0) is 32.4 Å². The Balaban J connectivity index is 1.93. The van der Waals surface area contributed by atoms with Gasteiger partial charge in [0.25, 0.3) is 11.5 Å². The van der Waals surface area contributed by atoms with Gasteiger partial charge in [0.2, 0.25) is 5.71 Å². The van der Waals surface area contributed by atoms with E-state index in [-0.39, 0.29) is 28.3 Å². The molecule has 0 aliphatic rings. The maximum Gasteiger partial charge on any atom is 0.265 e. The van der Waals surface area contributed by atoms with Crippen LogP contribution in [0, 0.1) is 6.92 Å². The molecule has 0 spiro atoms.